The average Bonchev–Trinajstić information content (AvgIpc) is 2.25. The normalized spacial score (nSPS) is 13.4. The number of unbranched alkanes of at least 4 members (excludes halogenated alkanes) is 1. The standard InChI is InChI=1S/C11H23NO4S/c1-4-5-7-10(11(13)16-2)12-8-6-9-17(3,14)15/h10,12H,4-9H2,1-3H3. The quantitative estimate of drug-likeness (QED) is 0.492. The van der Waals surface area contributed by atoms with E-state index in [0.717, 1.165) is 19.3 Å². The smallest absolute Gasteiger partial charge is 0.322 e. The number of sulfone groups is 1. The third-order valence-electron chi connectivity index (χ3n) is 2.41. The van der Waals surface area contributed by atoms with Crippen molar-refractivity contribution in [3.8, 4) is 0 Å². The number of hydrogen-bond acceptors (Lipinski definition) is 5. The van der Waals surface area contributed by atoms with Crippen molar-refractivity contribution in [1.29, 1.82) is 0 Å². The molecule has 1 atom stereocenters. The fourth-order valence-corrected chi connectivity index (χ4v) is 2.13. The minimum Gasteiger partial charge on any atom is -0.468 e. The van der Waals surface area contributed by atoms with Gasteiger partial charge in [0.25, 0.3) is 0 Å². The Morgan fingerprint density at radius 2 is 2.00 bits per heavy atom. The van der Waals surface area contributed by atoms with Crippen LogP contribution >= 0.6 is 0 Å². The van der Waals surface area contributed by atoms with Gasteiger partial charge < -0.3 is 10.1 Å². The Bertz CT molecular complexity index is 313. The van der Waals surface area contributed by atoms with Crippen molar-refractivity contribution >= 4 is 15.8 Å². The lowest BCUT2D eigenvalue weighted by molar-refractivity contribution is -0.143. The van der Waals surface area contributed by atoms with Gasteiger partial charge in [-0.15, -0.1) is 0 Å². The van der Waals surface area contributed by atoms with Gasteiger partial charge >= 0.3 is 5.97 Å². The molecular formula is C11H23NO4S. The third kappa shape index (κ3) is 9.12. The molecular weight excluding hydrogens is 242 g/mol. The van der Waals surface area contributed by atoms with Gasteiger partial charge in [-0.2, -0.15) is 0 Å². The van der Waals surface area contributed by atoms with Crippen LogP contribution in [0, 0.1) is 0 Å². The van der Waals surface area contributed by atoms with Gasteiger partial charge in [-0.1, -0.05) is 19.8 Å². The first-order chi connectivity index (χ1) is 7.90. The maximum atomic E-state index is 11.4. The van der Waals surface area contributed by atoms with Gasteiger partial charge in [0, 0.05) is 6.26 Å². The molecule has 17 heavy (non-hydrogen) atoms. The van der Waals surface area contributed by atoms with Gasteiger partial charge in [-0.3, -0.25) is 4.79 Å². The van der Waals surface area contributed by atoms with E-state index in [9.17, 15) is 13.2 Å². The number of hydrogen-bond donors (Lipinski definition) is 1. The highest BCUT2D eigenvalue weighted by Gasteiger charge is 2.17. The van der Waals surface area contributed by atoms with Crippen LogP contribution in [-0.4, -0.2) is 46.1 Å². The van der Waals surface area contributed by atoms with E-state index in [-0.39, 0.29) is 17.8 Å². The lowest BCUT2D eigenvalue weighted by Gasteiger charge is -2.15. The van der Waals surface area contributed by atoms with E-state index >= 15 is 0 Å². The maximum Gasteiger partial charge on any atom is 0.322 e. The van der Waals surface area contributed by atoms with E-state index in [1.807, 2.05) is 0 Å². The molecule has 1 N–H and O–H groups in total. The fraction of sp³-hybridized carbons (Fsp3) is 0.909. The van der Waals surface area contributed by atoms with Crippen LogP contribution in [0.2, 0.25) is 0 Å². The van der Waals surface area contributed by atoms with Gasteiger partial charge in [0.1, 0.15) is 15.9 Å². The van der Waals surface area contributed by atoms with Crippen molar-refractivity contribution in [2.24, 2.45) is 0 Å². The number of esters is 1. The zero-order valence-electron chi connectivity index (χ0n) is 10.9. The van der Waals surface area contributed by atoms with Gasteiger partial charge in [0.15, 0.2) is 0 Å². The molecule has 102 valence electrons. The van der Waals surface area contributed by atoms with Crippen LogP contribution in [0.4, 0.5) is 0 Å². The second-order valence-electron chi connectivity index (χ2n) is 4.16. The molecule has 0 heterocycles. The molecule has 0 fully saturated rings. The lowest BCUT2D eigenvalue weighted by atomic mass is 10.1. The Labute approximate surface area is 104 Å². The summed E-state index contributed by atoms with van der Waals surface area (Å²) in [4.78, 5) is 11.4. The van der Waals surface area contributed by atoms with E-state index < -0.39 is 9.84 Å². The number of rotatable bonds is 9. The Morgan fingerprint density at radius 1 is 1.35 bits per heavy atom. The zero-order chi connectivity index (χ0) is 13.3. The summed E-state index contributed by atoms with van der Waals surface area (Å²) in [6, 6.07) is -0.320. The Morgan fingerprint density at radius 3 is 2.47 bits per heavy atom. The molecule has 0 spiro atoms. The van der Waals surface area contributed by atoms with Crippen LogP contribution < -0.4 is 5.32 Å². The summed E-state index contributed by atoms with van der Waals surface area (Å²) in [6.45, 7) is 2.56. The van der Waals surface area contributed by atoms with Crippen LogP contribution in [0.5, 0.6) is 0 Å². The topological polar surface area (TPSA) is 72.5 Å². The molecule has 0 rings (SSSR count). The summed E-state index contributed by atoms with van der Waals surface area (Å²) < 4.78 is 26.5. The molecule has 0 aromatic rings. The van der Waals surface area contributed by atoms with Crippen molar-refractivity contribution in [2.75, 3.05) is 25.7 Å². The van der Waals surface area contributed by atoms with E-state index in [4.69, 9.17) is 0 Å². The third-order valence-corrected chi connectivity index (χ3v) is 3.44. The molecule has 6 heteroatoms. The second-order valence-corrected chi connectivity index (χ2v) is 6.42. The summed E-state index contributed by atoms with van der Waals surface area (Å²) in [5, 5.41) is 3.04. The van der Waals surface area contributed by atoms with Crippen LogP contribution in [0.25, 0.3) is 0 Å². The summed E-state index contributed by atoms with van der Waals surface area (Å²) >= 11 is 0. The summed E-state index contributed by atoms with van der Waals surface area (Å²) in [5.41, 5.74) is 0. The van der Waals surface area contributed by atoms with E-state index in [2.05, 4.69) is 17.0 Å². The highest BCUT2D eigenvalue weighted by Crippen LogP contribution is 2.02. The predicted octanol–water partition coefficient (Wildman–Crippen LogP) is 0.743. The molecule has 0 aliphatic carbocycles. The lowest BCUT2D eigenvalue weighted by Crippen LogP contribution is -2.38. The van der Waals surface area contributed by atoms with E-state index in [0.29, 0.717) is 13.0 Å². The summed E-state index contributed by atoms with van der Waals surface area (Å²) in [7, 11) is -1.56. The molecule has 0 aliphatic heterocycles. The largest absolute Gasteiger partial charge is 0.468 e. The SMILES string of the molecule is CCCCC(NCCCS(C)(=O)=O)C(=O)OC. The van der Waals surface area contributed by atoms with E-state index in [1.54, 1.807) is 0 Å². The molecule has 0 amide bonds. The number of methoxy groups -OCH3 is 1. The second kappa shape index (κ2) is 8.47. The summed E-state index contributed by atoms with van der Waals surface area (Å²) in [5.74, 6) is -0.139. The number of ether oxygens (including phenoxy) is 1. The van der Waals surface area contributed by atoms with Crippen LogP contribution in [0.15, 0.2) is 0 Å². The van der Waals surface area contributed by atoms with Crippen molar-refractivity contribution in [2.45, 2.75) is 38.6 Å². The van der Waals surface area contributed by atoms with Crippen LogP contribution in [-0.2, 0) is 19.4 Å². The van der Waals surface area contributed by atoms with Crippen molar-refractivity contribution < 1.29 is 17.9 Å². The molecule has 5 nitrogen and oxygen atoms in total. The number of nitrogens with one attached hydrogen (secondary N) is 1. The van der Waals surface area contributed by atoms with Gasteiger partial charge in [0.05, 0.1) is 12.9 Å². The molecule has 0 aromatic heterocycles. The van der Waals surface area contributed by atoms with Gasteiger partial charge in [-0.05, 0) is 19.4 Å². The van der Waals surface area contributed by atoms with Crippen molar-refractivity contribution in [3.05, 3.63) is 0 Å². The highest BCUT2D eigenvalue weighted by molar-refractivity contribution is 7.90. The van der Waals surface area contributed by atoms with Crippen molar-refractivity contribution in [1.82, 2.24) is 5.32 Å². The maximum absolute atomic E-state index is 11.4. The molecule has 1 unspecified atom stereocenters. The molecule has 0 aliphatic rings. The average molecular weight is 265 g/mol. The summed E-state index contributed by atoms with van der Waals surface area (Å²) in [6.07, 6.45) is 4.40. The molecule has 0 aromatic carbocycles. The fourth-order valence-electron chi connectivity index (χ4n) is 1.46. The molecule has 0 saturated carbocycles. The molecule has 0 saturated heterocycles. The Kier molecular flexibility index (Phi) is 8.16. The Balaban J connectivity index is 3.95. The van der Waals surface area contributed by atoms with E-state index in [1.165, 1.54) is 13.4 Å². The van der Waals surface area contributed by atoms with Crippen LogP contribution in [0.1, 0.15) is 32.6 Å². The minimum absolute atomic E-state index is 0.141. The number of carbonyl (C=O) groups is 1. The molecule has 0 bridgehead atoms. The predicted molar refractivity (Wildman–Crippen MR) is 67.7 cm³/mol. The highest BCUT2D eigenvalue weighted by atomic mass is 32.2. The van der Waals surface area contributed by atoms with Crippen LogP contribution in [0.3, 0.4) is 0 Å². The van der Waals surface area contributed by atoms with Gasteiger partial charge in [-0.25, -0.2) is 8.42 Å². The Hall–Kier alpha value is -0.620. The first kappa shape index (κ1) is 16.4. The monoisotopic (exact) mass is 265 g/mol. The van der Waals surface area contributed by atoms with Gasteiger partial charge in [0.2, 0.25) is 0 Å². The number of carbonyl (C=O) groups excluding carboxylic acids is 1. The first-order valence-electron chi connectivity index (χ1n) is 5.89. The molecule has 0 radical (unpaired) electrons. The van der Waals surface area contributed by atoms with Crippen molar-refractivity contribution in [3.63, 3.8) is 0 Å². The first-order valence-corrected chi connectivity index (χ1v) is 7.95. The minimum atomic E-state index is -2.92. The zero-order valence-corrected chi connectivity index (χ0v) is 11.7.